The lowest BCUT2D eigenvalue weighted by molar-refractivity contribution is 0.105. The van der Waals surface area contributed by atoms with Crippen LogP contribution in [-0.2, 0) is 4.74 Å². The van der Waals surface area contributed by atoms with Gasteiger partial charge in [-0.1, -0.05) is 19.1 Å². The minimum absolute atomic E-state index is 0.549. The molecule has 0 spiro atoms. The van der Waals surface area contributed by atoms with Crippen molar-refractivity contribution in [3.63, 3.8) is 0 Å². The van der Waals surface area contributed by atoms with Crippen LogP contribution in [0.5, 0.6) is 0 Å². The van der Waals surface area contributed by atoms with Gasteiger partial charge in [0.2, 0.25) is 0 Å². The summed E-state index contributed by atoms with van der Waals surface area (Å²) in [7, 11) is 0. The molecule has 1 atom stereocenters. The summed E-state index contributed by atoms with van der Waals surface area (Å²) in [5.74, 6) is 0. The highest BCUT2D eigenvalue weighted by atomic mass is 16.5. The van der Waals surface area contributed by atoms with Gasteiger partial charge in [0.05, 0.1) is 6.10 Å². The molecule has 1 N–H and O–H groups in total. The van der Waals surface area contributed by atoms with E-state index in [1.807, 2.05) is 0 Å². The van der Waals surface area contributed by atoms with Crippen LogP contribution in [0.2, 0.25) is 0 Å². The fourth-order valence-electron chi connectivity index (χ4n) is 1.88. The normalized spacial score (nSPS) is 21.5. The molecule has 0 aromatic rings. The largest absolute Gasteiger partial charge is 0.378 e. The van der Waals surface area contributed by atoms with Crippen molar-refractivity contribution in [1.29, 1.82) is 0 Å². The number of nitrogens with one attached hydrogen (secondary N) is 1. The summed E-state index contributed by atoms with van der Waals surface area (Å²) < 4.78 is 5.57. The summed E-state index contributed by atoms with van der Waals surface area (Å²) in [6.45, 7) is 5.44. The monoisotopic (exact) mass is 211 g/mol. The van der Waals surface area contributed by atoms with Crippen molar-refractivity contribution >= 4 is 0 Å². The van der Waals surface area contributed by atoms with Crippen LogP contribution in [0.15, 0.2) is 12.2 Å². The van der Waals surface area contributed by atoms with Crippen LogP contribution < -0.4 is 5.32 Å². The summed E-state index contributed by atoms with van der Waals surface area (Å²) in [5.41, 5.74) is 0. The van der Waals surface area contributed by atoms with E-state index in [4.69, 9.17) is 4.74 Å². The summed E-state index contributed by atoms with van der Waals surface area (Å²) in [4.78, 5) is 0. The van der Waals surface area contributed by atoms with Crippen LogP contribution in [0.4, 0.5) is 0 Å². The van der Waals surface area contributed by atoms with Gasteiger partial charge in [0.25, 0.3) is 0 Å². The molecule has 0 aliphatic carbocycles. The minimum Gasteiger partial charge on any atom is -0.378 e. The Morgan fingerprint density at radius 1 is 1.27 bits per heavy atom. The molecule has 0 bridgehead atoms. The van der Waals surface area contributed by atoms with Crippen molar-refractivity contribution in [1.82, 2.24) is 5.32 Å². The molecule has 1 unspecified atom stereocenters. The average Bonchev–Trinajstić information content (AvgIpc) is 2.75. The summed E-state index contributed by atoms with van der Waals surface area (Å²) in [6.07, 6.45) is 12.4. The van der Waals surface area contributed by atoms with E-state index in [0.29, 0.717) is 6.10 Å². The molecule has 0 amide bonds. The van der Waals surface area contributed by atoms with Gasteiger partial charge in [-0.15, -0.1) is 0 Å². The Morgan fingerprint density at radius 2 is 2.13 bits per heavy atom. The van der Waals surface area contributed by atoms with Gasteiger partial charge in [-0.25, -0.2) is 0 Å². The van der Waals surface area contributed by atoms with Crippen LogP contribution in [0.1, 0.15) is 45.4 Å². The van der Waals surface area contributed by atoms with Crippen LogP contribution in [0.25, 0.3) is 0 Å². The Hall–Kier alpha value is -0.340. The van der Waals surface area contributed by atoms with Crippen molar-refractivity contribution in [2.75, 3.05) is 19.7 Å². The van der Waals surface area contributed by atoms with Crippen LogP contribution in [0.3, 0.4) is 0 Å². The fourth-order valence-corrected chi connectivity index (χ4v) is 1.88. The SMILES string of the molecule is CCCNCCC=CCCC1CCCO1. The molecular weight excluding hydrogens is 186 g/mol. The molecule has 88 valence electrons. The third-order valence-electron chi connectivity index (χ3n) is 2.76. The predicted molar refractivity (Wildman–Crippen MR) is 65.1 cm³/mol. The third kappa shape index (κ3) is 6.69. The lowest BCUT2D eigenvalue weighted by Gasteiger charge is -2.05. The maximum absolute atomic E-state index is 5.57. The lowest BCUT2D eigenvalue weighted by atomic mass is 10.1. The second-order valence-electron chi connectivity index (χ2n) is 4.22. The molecule has 1 fully saturated rings. The Kier molecular flexibility index (Phi) is 7.58. The topological polar surface area (TPSA) is 21.3 Å². The zero-order valence-corrected chi connectivity index (χ0v) is 10.0. The molecule has 0 aromatic carbocycles. The van der Waals surface area contributed by atoms with Crippen molar-refractivity contribution in [2.45, 2.75) is 51.6 Å². The number of hydrogen-bond donors (Lipinski definition) is 1. The van der Waals surface area contributed by atoms with Crippen LogP contribution in [-0.4, -0.2) is 25.8 Å². The van der Waals surface area contributed by atoms with E-state index < -0.39 is 0 Å². The molecule has 1 saturated heterocycles. The van der Waals surface area contributed by atoms with Crippen molar-refractivity contribution in [2.24, 2.45) is 0 Å². The van der Waals surface area contributed by atoms with E-state index in [1.165, 1.54) is 32.1 Å². The Bertz CT molecular complexity index is 162. The summed E-state index contributed by atoms with van der Waals surface area (Å²) in [6, 6.07) is 0. The predicted octanol–water partition coefficient (Wildman–Crippen LogP) is 2.89. The van der Waals surface area contributed by atoms with Gasteiger partial charge >= 0.3 is 0 Å². The van der Waals surface area contributed by atoms with Crippen molar-refractivity contribution in [3.05, 3.63) is 12.2 Å². The maximum atomic E-state index is 5.57. The fraction of sp³-hybridized carbons (Fsp3) is 0.846. The molecule has 2 nitrogen and oxygen atoms in total. The zero-order valence-electron chi connectivity index (χ0n) is 10.0. The molecule has 1 aliphatic rings. The molecule has 15 heavy (non-hydrogen) atoms. The first-order chi connectivity index (χ1) is 7.43. The standard InChI is InChI=1S/C13H25NO/c1-2-10-14-11-6-4-3-5-8-13-9-7-12-15-13/h3-4,13-14H,2,5-12H2,1H3. The highest BCUT2D eigenvalue weighted by molar-refractivity contribution is 4.83. The average molecular weight is 211 g/mol. The van der Waals surface area contributed by atoms with Gasteiger partial charge < -0.3 is 10.1 Å². The first-order valence-electron chi connectivity index (χ1n) is 6.40. The van der Waals surface area contributed by atoms with E-state index in [1.54, 1.807) is 0 Å². The second-order valence-corrected chi connectivity index (χ2v) is 4.22. The Labute approximate surface area is 94.1 Å². The number of hydrogen-bond acceptors (Lipinski definition) is 2. The van der Waals surface area contributed by atoms with E-state index >= 15 is 0 Å². The molecule has 0 aromatic heterocycles. The first-order valence-corrected chi connectivity index (χ1v) is 6.40. The summed E-state index contributed by atoms with van der Waals surface area (Å²) >= 11 is 0. The van der Waals surface area contributed by atoms with Gasteiger partial charge in [-0.2, -0.15) is 0 Å². The highest BCUT2D eigenvalue weighted by Gasteiger charge is 2.13. The quantitative estimate of drug-likeness (QED) is 0.492. The third-order valence-corrected chi connectivity index (χ3v) is 2.76. The lowest BCUT2D eigenvalue weighted by Crippen LogP contribution is -2.15. The molecule has 0 saturated carbocycles. The number of allylic oxidation sites excluding steroid dienone is 1. The highest BCUT2D eigenvalue weighted by Crippen LogP contribution is 2.16. The molecule has 1 heterocycles. The molecule has 2 heteroatoms. The Balaban J connectivity index is 1.83. The van der Waals surface area contributed by atoms with E-state index in [9.17, 15) is 0 Å². The molecule has 0 radical (unpaired) electrons. The van der Waals surface area contributed by atoms with Gasteiger partial charge in [-0.05, 0) is 51.6 Å². The number of ether oxygens (including phenoxy) is 1. The zero-order chi connectivity index (χ0) is 10.8. The Morgan fingerprint density at radius 3 is 2.87 bits per heavy atom. The van der Waals surface area contributed by atoms with Crippen LogP contribution >= 0.6 is 0 Å². The minimum atomic E-state index is 0.549. The first kappa shape index (κ1) is 12.7. The van der Waals surface area contributed by atoms with E-state index in [2.05, 4.69) is 24.4 Å². The van der Waals surface area contributed by atoms with Gasteiger partial charge in [-0.3, -0.25) is 0 Å². The number of rotatable bonds is 8. The van der Waals surface area contributed by atoms with Crippen molar-refractivity contribution < 1.29 is 4.74 Å². The van der Waals surface area contributed by atoms with Crippen molar-refractivity contribution in [3.8, 4) is 0 Å². The summed E-state index contributed by atoms with van der Waals surface area (Å²) in [5, 5.41) is 3.39. The molecule has 1 aliphatic heterocycles. The van der Waals surface area contributed by atoms with Gasteiger partial charge in [0, 0.05) is 6.61 Å². The second kappa shape index (κ2) is 8.93. The van der Waals surface area contributed by atoms with E-state index in [0.717, 1.165) is 26.1 Å². The smallest absolute Gasteiger partial charge is 0.0579 e. The van der Waals surface area contributed by atoms with Gasteiger partial charge in [0.1, 0.15) is 0 Å². The van der Waals surface area contributed by atoms with Crippen LogP contribution in [0, 0.1) is 0 Å². The van der Waals surface area contributed by atoms with Gasteiger partial charge in [0.15, 0.2) is 0 Å². The molecular formula is C13H25NO. The maximum Gasteiger partial charge on any atom is 0.0579 e. The molecule has 1 rings (SSSR count). The van der Waals surface area contributed by atoms with E-state index in [-0.39, 0.29) is 0 Å².